The molecule has 0 saturated heterocycles. The van der Waals surface area contributed by atoms with E-state index in [0.717, 1.165) is 16.6 Å². The Morgan fingerprint density at radius 3 is 2.80 bits per heavy atom. The molecule has 4 heteroatoms. The van der Waals surface area contributed by atoms with E-state index < -0.39 is 6.43 Å². The van der Waals surface area contributed by atoms with Gasteiger partial charge in [-0.1, -0.05) is 6.07 Å². The molecule has 1 heterocycles. The fraction of sp³-hybridized carbons (Fsp3) is 0.273. The topological polar surface area (TPSA) is 30.9 Å². The molecular weight excluding hydrogens is 198 g/mol. The summed E-state index contributed by atoms with van der Waals surface area (Å²) in [5.74, 6) is 0. The predicted molar refractivity (Wildman–Crippen MR) is 57.1 cm³/mol. The highest BCUT2D eigenvalue weighted by Gasteiger charge is 2.11. The number of halogens is 2. The van der Waals surface area contributed by atoms with E-state index in [0.29, 0.717) is 5.69 Å². The molecule has 2 nitrogen and oxygen atoms in total. The summed E-state index contributed by atoms with van der Waals surface area (Å²) in [4.78, 5) is 0. The van der Waals surface area contributed by atoms with E-state index in [1.165, 1.54) is 0 Å². The second-order valence-corrected chi connectivity index (χ2v) is 3.57. The fourth-order valence-corrected chi connectivity index (χ4v) is 1.82. The number of rotatable bonds is 2. The number of anilines is 1. The molecule has 0 amide bonds. The van der Waals surface area contributed by atoms with Crippen LogP contribution in [-0.4, -0.2) is 11.0 Å². The van der Waals surface area contributed by atoms with Crippen LogP contribution >= 0.6 is 0 Å². The van der Waals surface area contributed by atoms with Gasteiger partial charge < -0.3 is 10.3 Å². The van der Waals surface area contributed by atoms with Crippen LogP contribution in [0.25, 0.3) is 10.9 Å². The Morgan fingerprint density at radius 1 is 1.40 bits per heavy atom. The smallest absolute Gasteiger partial charge is 0.256 e. The molecule has 0 radical (unpaired) electrons. The number of hydrogen-bond donors (Lipinski definition) is 1. The van der Waals surface area contributed by atoms with E-state index in [1.807, 2.05) is 13.0 Å². The van der Waals surface area contributed by atoms with Gasteiger partial charge >= 0.3 is 0 Å². The van der Waals surface area contributed by atoms with E-state index in [2.05, 4.69) is 0 Å². The average molecular weight is 210 g/mol. The summed E-state index contributed by atoms with van der Waals surface area (Å²) in [6.07, 6.45) is -2.35. The van der Waals surface area contributed by atoms with Gasteiger partial charge in [-0.2, -0.15) is 0 Å². The quantitative estimate of drug-likeness (QED) is 0.759. The summed E-state index contributed by atoms with van der Waals surface area (Å²) >= 11 is 0. The molecule has 2 aromatic rings. The van der Waals surface area contributed by atoms with Gasteiger partial charge in [-0.15, -0.1) is 0 Å². The number of nitrogen functional groups attached to an aromatic ring is 1. The van der Waals surface area contributed by atoms with Gasteiger partial charge in [0.25, 0.3) is 6.43 Å². The van der Waals surface area contributed by atoms with Crippen LogP contribution in [0.1, 0.15) is 5.69 Å². The second kappa shape index (κ2) is 3.53. The molecule has 0 fully saturated rings. The Kier molecular flexibility index (Phi) is 2.34. The van der Waals surface area contributed by atoms with Gasteiger partial charge in [-0.05, 0) is 25.1 Å². The van der Waals surface area contributed by atoms with Crippen molar-refractivity contribution in [2.24, 2.45) is 0 Å². The zero-order valence-corrected chi connectivity index (χ0v) is 8.37. The van der Waals surface area contributed by atoms with E-state index in [1.54, 1.807) is 22.8 Å². The standard InChI is InChI=1S/C11H12F2N2/c1-7-5-8-9(14)3-2-4-10(8)15(7)6-11(12)13/h2-5,11H,6,14H2,1H3. The maximum Gasteiger partial charge on any atom is 0.256 e. The number of aromatic nitrogens is 1. The van der Waals surface area contributed by atoms with Crippen LogP contribution in [0.15, 0.2) is 24.3 Å². The molecule has 1 aromatic heterocycles. The van der Waals surface area contributed by atoms with Crippen molar-refractivity contribution in [2.75, 3.05) is 5.73 Å². The van der Waals surface area contributed by atoms with Crippen molar-refractivity contribution in [3.05, 3.63) is 30.0 Å². The molecule has 2 N–H and O–H groups in total. The van der Waals surface area contributed by atoms with Gasteiger partial charge in [0.2, 0.25) is 0 Å². The first-order valence-electron chi connectivity index (χ1n) is 4.72. The summed E-state index contributed by atoms with van der Waals surface area (Å²) in [5, 5.41) is 0.843. The third-order valence-corrected chi connectivity index (χ3v) is 2.51. The van der Waals surface area contributed by atoms with E-state index in [4.69, 9.17) is 5.73 Å². The van der Waals surface area contributed by atoms with Crippen LogP contribution in [0.5, 0.6) is 0 Å². The maximum absolute atomic E-state index is 12.4. The summed E-state index contributed by atoms with van der Waals surface area (Å²) < 4.78 is 26.3. The Hall–Kier alpha value is -1.58. The van der Waals surface area contributed by atoms with Crippen LogP contribution in [0.3, 0.4) is 0 Å². The minimum Gasteiger partial charge on any atom is -0.398 e. The SMILES string of the molecule is Cc1cc2c(N)cccc2n1CC(F)F. The highest BCUT2D eigenvalue weighted by Crippen LogP contribution is 2.25. The van der Waals surface area contributed by atoms with Crippen molar-refractivity contribution >= 4 is 16.6 Å². The lowest BCUT2D eigenvalue weighted by Gasteiger charge is -2.07. The number of nitrogens with two attached hydrogens (primary N) is 1. The zero-order chi connectivity index (χ0) is 11.0. The number of fused-ring (bicyclic) bond motifs is 1. The Balaban J connectivity index is 2.63. The lowest BCUT2D eigenvalue weighted by molar-refractivity contribution is 0.127. The maximum atomic E-state index is 12.4. The number of benzene rings is 1. The molecule has 1 aromatic carbocycles. The third-order valence-electron chi connectivity index (χ3n) is 2.51. The normalized spacial score (nSPS) is 11.5. The summed E-state index contributed by atoms with van der Waals surface area (Å²) in [5.41, 5.74) is 7.98. The number of alkyl halides is 2. The molecule has 15 heavy (non-hydrogen) atoms. The third kappa shape index (κ3) is 1.67. The lowest BCUT2D eigenvalue weighted by atomic mass is 10.2. The van der Waals surface area contributed by atoms with Gasteiger partial charge in [-0.25, -0.2) is 8.78 Å². The van der Waals surface area contributed by atoms with Crippen molar-refractivity contribution in [2.45, 2.75) is 19.9 Å². The van der Waals surface area contributed by atoms with Crippen LogP contribution in [0, 0.1) is 6.92 Å². The van der Waals surface area contributed by atoms with Gasteiger partial charge in [0.1, 0.15) is 0 Å². The van der Waals surface area contributed by atoms with Gasteiger partial charge in [0.05, 0.1) is 12.1 Å². The molecular formula is C11H12F2N2. The molecule has 0 aliphatic carbocycles. The van der Waals surface area contributed by atoms with Crippen molar-refractivity contribution < 1.29 is 8.78 Å². The first-order valence-corrected chi connectivity index (χ1v) is 4.72. The summed E-state index contributed by atoms with van der Waals surface area (Å²) in [7, 11) is 0. The van der Waals surface area contributed by atoms with Gasteiger partial charge in [0.15, 0.2) is 0 Å². The molecule has 0 aliphatic rings. The van der Waals surface area contributed by atoms with Crippen LogP contribution in [-0.2, 0) is 6.54 Å². The van der Waals surface area contributed by atoms with Gasteiger partial charge in [0, 0.05) is 16.8 Å². The fourth-order valence-electron chi connectivity index (χ4n) is 1.82. The minimum atomic E-state index is -2.35. The van der Waals surface area contributed by atoms with E-state index >= 15 is 0 Å². The highest BCUT2D eigenvalue weighted by atomic mass is 19.3. The van der Waals surface area contributed by atoms with Crippen molar-refractivity contribution in [1.29, 1.82) is 0 Å². The Labute approximate surface area is 86.3 Å². The second-order valence-electron chi connectivity index (χ2n) is 3.57. The Morgan fingerprint density at radius 2 is 2.13 bits per heavy atom. The number of hydrogen-bond acceptors (Lipinski definition) is 1. The zero-order valence-electron chi connectivity index (χ0n) is 8.37. The highest BCUT2D eigenvalue weighted by molar-refractivity contribution is 5.92. The van der Waals surface area contributed by atoms with Crippen LogP contribution in [0.2, 0.25) is 0 Å². The van der Waals surface area contributed by atoms with Crippen LogP contribution in [0.4, 0.5) is 14.5 Å². The average Bonchev–Trinajstić information content (AvgIpc) is 2.45. The van der Waals surface area contributed by atoms with Crippen LogP contribution < -0.4 is 5.73 Å². The number of nitrogens with zero attached hydrogens (tertiary/aromatic N) is 1. The molecule has 0 unspecified atom stereocenters. The molecule has 0 atom stereocenters. The molecule has 0 bridgehead atoms. The van der Waals surface area contributed by atoms with E-state index in [-0.39, 0.29) is 6.54 Å². The molecule has 0 spiro atoms. The van der Waals surface area contributed by atoms with Gasteiger partial charge in [-0.3, -0.25) is 0 Å². The summed E-state index contributed by atoms with van der Waals surface area (Å²) in [6, 6.07) is 7.20. The molecule has 2 rings (SSSR count). The van der Waals surface area contributed by atoms with Crippen molar-refractivity contribution in [3.63, 3.8) is 0 Å². The predicted octanol–water partition coefficient (Wildman–Crippen LogP) is 2.80. The number of aryl methyl sites for hydroxylation is 1. The molecule has 0 aliphatic heterocycles. The van der Waals surface area contributed by atoms with Crippen molar-refractivity contribution in [3.8, 4) is 0 Å². The monoisotopic (exact) mass is 210 g/mol. The van der Waals surface area contributed by atoms with E-state index in [9.17, 15) is 8.78 Å². The minimum absolute atomic E-state index is 0.279. The largest absolute Gasteiger partial charge is 0.398 e. The molecule has 80 valence electrons. The molecule has 0 saturated carbocycles. The lowest BCUT2D eigenvalue weighted by Crippen LogP contribution is -2.07. The Bertz CT molecular complexity index is 489. The van der Waals surface area contributed by atoms with Crippen molar-refractivity contribution in [1.82, 2.24) is 4.57 Å². The summed E-state index contributed by atoms with van der Waals surface area (Å²) in [6.45, 7) is 1.53. The first-order chi connectivity index (χ1) is 7.09. The first kappa shape index (κ1) is 9.96.